The average Bonchev–Trinajstić information content (AvgIpc) is 0.917. The highest BCUT2D eigenvalue weighted by molar-refractivity contribution is 7.47. The van der Waals surface area contributed by atoms with Crippen LogP contribution in [0.3, 0.4) is 0 Å². The molecule has 0 spiro atoms. The Hall–Kier alpha value is -3.76. The van der Waals surface area contributed by atoms with E-state index in [1.54, 1.807) is 0 Å². The first-order valence-electron chi connectivity index (χ1n) is 40.8. The molecule has 0 radical (unpaired) electrons. The molecule has 0 rings (SSSR count). The molecule has 0 aliphatic heterocycles. The molecular weight excluding hydrogens is 1330 g/mol. The number of carbonyl (C=O) groups excluding carboxylic acids is 4. The van der Waals surface area contributed by atoms with Crippen molar-refractivity contribution in [2.75, 3.05) is 39.6 Å². The fourth-order valence-electron chi connectivity index (χ4n) is 11.0. The van der Waals surface area contributed by atoms with Gasteiger partial charge in [-0.2, -0.15) is 0 Å². The van der Waals surface area contributed by atoms with Crippen LogP contribution in [-0.2, 0) is 65.4 Å². The lowest BCUT2D eigenvalue weighted by atomic mass is 10.1. The minimum Gasteiger partial charge on any atom is -0.462 e. The Kier molecular flexibility index (Phi) is 72.7. The van der Waals surface area contributed by atoms with Crippen LogP contribution in [0, 0.1) is 0 Å². The number of phosphoric acid groups is 2. The lowest BCUT2D eigenvalue weighted by Gasteiger charge is -2.21. The fraction of sp³-hybridized carbons (Fsp3) is 0.783. The summed E-state index contributed by atoms with van der Waals surface area (Å²) in [6.07, 6.45) is 78.5. The predicted molar refractivity (Wildman–Crippen MR) is 418 cm³/mol. The third-order valence-corrected chi connectivity index (χ3v) is 19.2. The lowest BCUT2D eigenvalue weighted by molar-refractivity contribution is -0.161. The minimum atomic E-state index is -4.99. The van der Waals surface area contributed by atoms with Crippen molar-refractivity contribution in [3.8, 4) is 0 Å². The third kappa shape index (κ3) is 74.5. The van der Waals surface area contributed by atoms with E-state index in [0.29, 0.717) is 32.1 Å². The number of carbonyl (C=O) groups is 4. The number of phosphoric ester groups is 2. The number of aliphatic hydroxyl groups excluding tert-OH is 1. The smallest absolute Gasteiger partial charge is 0.462 e. The molecule has 0 heterocycles. The van der Waals surface area contributed by atoms with E-state index in [0.717, 1.165) is 154 Å². The molecule has 102 heavy (non-hydrogen) atoms. The van der Waals surface area contributed by atoms with Crippen LogP contribution in [-0.4, -0.2) is 96.7 Å². The van der Waals surface area contributed by atoms with Gasteiger partial charge in [-0.05, 0) is 141 Å². The zero-order valence-electron chi connectivity index (χ0n) is 64.8. The molecule has 2 unspecified atom stereocenters. The van der Waals surface area contributed by atoms with Crippen LogP contribution in [0.4, 0.5) is 0 Å². The summed E-state index contributed by atoms with van der Waals surface area (Å²) in [4.78, 5) is 73.0. The summed E-state index contributed by atoms with van der Waals surface area (Å²) >= 11 is 0. The molecule has 0 saturated carbocycles. The van der Waals surface area contributed by atoms with E-state index in [1.165, 1.54) is 122 Å². The highest BCUT2D eigenvalue weighted by atomic mass is 31.2. The van der Waals surface area contributed by atoms with Gasteiger partial charge in [0.15, 0.2) is 12.2 Å². The van der Waals surface area contributed by atoms with Crippen LogP contribution in [0.25, 0.3) is 0 Å². The minimum absolute atomic E-state index is 0.0190. The molecule has 0 aromatic carbocycles. The number of hydrogen-bond donors (Lipinski definition) is 3. The molecule has 0 saturated heterocycles. The summed E-state index contributed by atoms with van der Waals surface area (Å²) in [6.45, 7) is 4.79. The van der Waals surface area contributed by atoms with E-state index in [1.807, 2.05) is 12.2 Å². The molecule has 0 aliphatic rings. The SMILES string of the molecule is CCCCC/C=C\C/C=C\C/C=C\C/C=C\CCCC(=O)O[C@H](COC(=O)CCCCCCC/C=C\CCCCCCCC)COP(=O)(O)OC[C@@H](O)COP(=O)(O)OC[C@@H](COC(=O)CCCCCCC/C=C\CCCCCCCC)OC(=O)CCCCCCCCC/C=C\CCCCCC. The van der Waals surface area contributed by atoms with E-state index in [-0.39, 0.29) is 25.7 Å². The van der Waals surface area contributed by atoms with Crippen LogP contribution < -0.4 is 0 Å². The quantitative estimate of drug-likeness (QED) is 0.0169. The third-order valence-electron chi connectivity index (χ3n) is 17.3. The average molecular weight is 1480 g/mol. The maximum absolute atomic E-state index is 13.1. The predicted octanol–water partition coefficient (Wildman–Crippen LogP) is 23.8. The topological polar surface area (TPSA) is 237 Å². The van der Waals surface area contributed by atoms with E-state index in [9.17, 15) is 43.2 Å². The van der Waals surface area contributed by atoms with E-state index in [4.69, 9.17) is 37.0 Å². The zero-order valence-corrected chi connectivity index (χ0v) is 66.6. The lowest BCUT2D eigenvalue weighted by Crippen LogP contribution is -2.30. The second-order valence-electron chi connectivity index (χ2n) is 27.3. The fourth-order valence-corrected chi connectivity index (χ4v) is 12.6. The Balaban J connectivity index is 5.41. The molecule has 17 nitrogen and oxygen atoms in total. The van der Waals surface area contributed by atoms with Crippen molar-refractivity contribution in [2.45, 2.75) is 380 Å². The van der Waals surface area contributed by atoms with Gasteiger partial charge in [-0.25, -0.2) is 9.13 Å². The summed E-state index contributed by atoms with van der Waals surface area (Å²) in [5.41, 5.74) is 0. The van der Waals surface area contributed by atoms with Crippen molar-refractivity contribution in [3.63, 3.8) is 0 Å². The summed E-state index contributed by atoms with van der Waals surface area (Å²) in [5, 5.41) is 10.6. The summed E-state index contributed by atoms with van der Waals surface area (Å²) in [7, 11) is -9.97. The van der Waals surface area contributed by atoms with Crippen molar-refractivity contribution in [1.82, 2.24) is 0 Å². The number of ether oxygens (including phenoxy) is 4. The summed E-state index contributed by atoms with van der Waals surface area (Å²) in [5.74, 6) is -2.24. The van der Waals surface area contributed by atoms with Gasteiger partial charge in [0.1, 0.15) is 19.3 Å². The number of unbranched alkanes of at least 4 members (excludes halogenated alkanes) is 37. The Morgan fingerprint density at radius 2 is 0.490 bits per heavy atom. The largest absolute Gasteiger partial charge is 0.472 e. The van der Waals surface area contributed by atoms with Gasteiger partial charge in [-0.1, -0.05) is 280 Å². The van der Waals surface area contributed by atoms with Gasteiger partial charge in [0.2, 0.25) is 0 Å². The van der Waals surface area contributed by atoms with Gasteiger partial charge in [0.25, 0.3) is 0 Å². The highest BCUT2D eigenvalue weighted by Crippen LogP contribution is 2.45. The van der Waals surface area contributed by atoms with Crippen LogP contribution >= 0.6 is 15.6 Å². The molecule has 0 amide bonds. The molecule has 5 atom stereocenters. The normalized spacial score (nSPS) is 14.3. The molecule has 0 aromatic rings. The Bertz CT molecular complexity index is 2260. The van der Waals surface area contributed by atoms with Gasteiger partial charge in [0.05, 0.1) is 26.4 Å². The van der Waals surface area contributed by atoms with Crippen molar-refractivity contribution in [2.24, 2.45) is 0 Å². The Morgan fingerprint density at radius 1 is 0.275 bits per heavy atom. The van der Waals surface area contributed by atoms with Crippen LogP contribution in [0.5, 0.6) is 0 Å². The molecule has 0 aromatic heterocycles. The second kappa shape index (κ2) is 75.5. The molecule has 3 N–H and O–H groups in total. The van der Waals surface area contributed by atoms with Crippen LogP contribution in [0.15, 0.2) is 85.1 Å². The second-order valence-corrected chi connectivity index (χ2v) is 30.3. The van der Waals surface area contributed by atoms with E-state index < -0.39 is 97.5 Å². The molecule has 0 bridgehead atoms. The number of rotatable bonds is 77. The number of hydrogen-bond acceptors (Lipinski definition) is 15. The molecular formula is C83H148O17P2. The first-order chi connectivity index (χ1) is 49.7. The zero-order chi connectivity index (χ0) is 74.6. The number of esters is 4. The first kappa shape index (κ1) is 98.2. The maximum atomic E-state index is 13.1. The van der Waals surface area contributed by atoms with Gasteiger partial charge in [-0.3, -0.25) is 37.3 Å². The molecule has 592 valence electrons. The number of allylic oxidation sites excluding steroid dienone is 14. The van der Waals surface area contributed by atoms with Crippen molar-refractivity contribution < 1.29 is 80.2 Å². The molecule has 0 aliphatic carbocycles. The van der Waals surface area contributed by atoms with Gasteiger partial charge >= 0.3 is 39.5 Å². The molecule has 19 heteroatoms. The standard InChI is InChI=1S/C83H148O17P2/c1-5-9-13-17-21-25-29-33-37-38-42-46-50-54-58-62-66-70-83(88)100-79(74-94-81(86)68-64-60-56-52-48-44-40-35-31-27-23-19-15-11-7-3)76-98-102(91,92)96-72-77(84)71-95-101(89,90)97-75-78(99-82(87)69-65-61-57-53-49-45-41-36-32-28-24-20-16-12-8-4)73-93-80(85)67-63-59-55-51-47-43-39-34-30-26-22-18-14-10-6-2/h21,25,28,32-35,37,39-40,42,46,54,58,77-79,84H,5-20,22-24,26-27,29-31,36,38,41,43-45,47-53,55-57,59-76H2,1-4H3,(H,89,90)(H,91,92)/b25-21-,32-28-,37-33-,39-34-,40-35-,46-42-,58-54-/t77-,78+,79+/m0/s1. The maximum Gasteiger partial charge on any atom is 0.472 e. The summed E-state index contributed by atoms with van der Waals surface area (Å²) < 4.78 is 68.6. The van der Waals surface area contributed by atoms with Crippen LogP contribution in [0.1, 0.15) is 362 Å². The van der Waals surface area contributed by atoms with Crippen molar-refractivity contribution >= 4 is 39.5 Å². The van der Waals surface area contributed by atoms with Crippen molar-refractivity contribution in [3.05, 3.63) is 85.1 Å². The van der Waals surface area contributed by atoms with Crippen molar-refractivity contribution in [1.29, 1.82) is 0 Å². The first-order valence-corrected chi connectivity index (χ1v) is 43.8. The highest BCUT2D eigenvalue weighted by Gasteiger charge is 2.30. The van der Waals surface area contributed by atoms with Crippen LogP contribution in [0.2, 0.25) is 0 Å². The molecule has 0 fully saturated rings. The van der Waals surface area contributed by atoms with E-state index >= 15 is 0 Å². The Labute approximate surface area is 621 Å². The summed E-state index contributed by atoms with van der Waals surface area (Å²) in [6, 6.07) is 0. The van der Waals surface area contributed by atoms with Gasteiger partial charge in [0, 0.05) is 25.7 Å². The number of aliphatic hydroxyl groups is 1. The van der Waals surface area contributed by atoms with Gasteiger partial charge < -0.3 is 33.8 Å². The Morgan fingerprint density at radius 3 is 0.814 bits per heavy atom. The van der Waals surface area contributed by atoms with Gasteiger partial charge in [-0.15, -0.1) is 0 Å². The van der Waals surface area contributed by atoms with E-state index in [2.05, 4.69) is 101 Å². The monoisotopic (exact) mass is 1480 g/mol.